The van der Waals surface area contributed by atoms with Crippen LogP contribution in [0.3, 0.4) is 0 Å². The highest BCUT2D eigenvalue weighted by Crippen LogP contribution is 2.28. The van der Waals surface area contributed by atoms with Crippen LogP contribution in [0.15, 0.2) is 0 Å². The number of quaternary nitrogens is 1. The second kappa shape index (κ2) is 7.44. The first-order valence-electron chi connectivity index (χ1n) is 9.17. The molecule has 3 aliphatic rings. The van der Waals surface area contributed by atoms with Gasteiger partial charge in [0.05, 0.1) is 12.6 Å². The first-order valence-corrected chi connectivity index (χ1v) is 9.17. The molecule has 1 heterocycles. The van der Waals surface area contributed by atoms with Crippen molar-refractivity contribution in [1.82, 2.24) is 10.6 Å². The molecule has 3 rings (SSSR count). The van der Waals surface area contributed by atoms with Crippen LogP contribution in [-0.2, 0) is 4.79 Å². The van der Waals surface area contributed by atoms with Crippen molar-refractivity contribution in [2.75, 3.05) is 13.1 Å². The van der Waals surface area contributed by atoms with E-state index < -0.39 is 0 Å². The van der Waals surface area contributed by atoms with Crippen molar-refractivity contribution in [2.45, 2.75) is 76.3 Å². The third kappa shape index (κ3) is 4.00. The Hall–Kier alpha value is -1.10. The number of urea groups is 1. The monoisotopic (exact) mass is 308 g/mol. The van der Waals surface area contributed by atoms with E-state index in [-0.39, 0.29) is 18.0 Å². The number of piperidine rings is 1. The van der Waals surface area contributed by atoms with Crippen LogP contribution in [-0.4, -0.2) is 37.1 Å². The largest absolute Gasteiger partial charge is 0.335 e. The fourth-order valence-corrected chi connectivity index (χ4v) is 4.76. The number of rotatable bonds is 3. The Morgan fingerprint density at radius 1 is 0.909 bits per heavy atom. The van der Waals surface area contributed by atoms with Crippen LogP contribution in [0.2, 0.25) is 0 Å². The molecule has 0 aromatic heterocycles. The molecule has 1 aliphatic heterocycles. The first kappa shape index (κ1) is 15.8. The molecule has 124 valence electrons. The minimum Gasteiger partial charge on any atom is -0.335 e. The number of hydrogen-bond donors (Lipinski definition) is 3. The lowest BCUT2D eigenvalue weighted by atomic mass is 9.78. The lowest BCUT2D eigenvalue weighted by Gasteiger charge is -2.40. The molecule has 0 aromatic rings. The molecule has 1 saturated heterocycles. The van der Waals surface area contributed by atoms with Gasteiger partial charge in [0.25, 0.3) is 5.91 Å². The van der Waals surface area contributed by atoms with Gasteiger partial charge in [0, 0.05) is 12.0 Å². The molecular formula is C17H30N3O2+. The highest BCUT2D eigenvalue weighted by atomic mass is 16.2. The highest BCUT2D eigenvalue weighted by Gasteiger charge is 2.37. The van der Waals surface area contributed by atoms with E-state index in [2.05, 4.69) is 10.6 Å². The number of fused-ring (bicyclic) bond motifs is 1. The third-order valence-electron chi connectivity index (χ3n) is 5.84. The van der Waals surface area contributed by atoms with Gasteiger partial charge in [-0.2, -0.15) is 0 Å². The normalized spacial score (nSPS) is 32.3. The third-order valence-corrected chi connectivity index (χ3v) is 5.84. The summed E-state index contributed by atoms with van der Waals surface area (Å²) in [6.07, 6.45) is 12.2. The summed E-state index contributed by atoms with van der Waals surface area (Å²) in [6.45, 7) is 1.54. The van der Waals surface area contributed by atoms with Gasteiger partial charge in [0.2, 0.25) is 0 Å². The van der Waals surface area contributed by atoms with Crippen molar-refractivity contribution in [3.8, 4) is 0 Å². The van der Waals surface area contributed by atoms with Crippen LogP contribution in [0.1, 0.15) is 64.2 Å². The molecule has 3 atom stereocenters. The van der Waals surface area contributed by atoms with E-state index in [1.54, 1.807) is 0 Å². The zero-order valence-corrected chi connectivity index (χ0v) is 13.5. The molecule has 3 fully saturated rings. The molecule has 0 spiro atoms. The molecule has 3 amide bonds. The number of nitrogens with one attached hydrogen (secondary N) is 3. The molecule has 0 radical (unpaired) electrons. The molecule has 2 saturated carbocycles. The number of likely N-dealkylation sites (tertiary alicyclic amines) is 1. The maximum atomic E-state index is 12.2. The van der Waals surface area contributed by atoms with E-state index in [4.69, 9.17) is 0 Å². The molecule has 1 unspecified atom stereocenters. The molecule has 0 bridgehead atoms. The fourth-order valence-electron chi connectivity index (χ4n) is 4.76. The SMILES string of the molecule is O=C(C[NH+]1CCC[C@H]2CCCC[C@@H]21)NC(=O)NC1CCCC1. The summed E-state index contributed by atoms with van der Waals surface area (Å²) in [5.74, 6) is 0.689. The summed E-state index contributed by atoms with van der Waals surface area (Å²) in [4.78, 5) is 25.5. The predicted molar refractivity (Wildman–Crippen MR) is 84.6 cm³/mol. The Morgan fingerprint density at radius 2 is 1.59 bits per heavy atom. The van der Waals surface area contributed by atoms with E-state index in [9.17, 15) is 9.59 Å². The van der Waals surface area contributed by atoms with Crippen LogP contribution in [0.4, 0.5) is 4.79 Å². The standard InChI is InChI=1S/C17H29N3O2/c21-16(19-17(22)18-14-8-2-3-9-14)12-20-11-5-7-13-6-1-4-10-15(13)20/h13-15H,1-12H2,(H2,18,19,21,22)/p+1/t13-,15+/m1/s1. The number of imide groups is 1. The van der Waals surface area contributed by atoms with Gasteiger partial charge < -0.3 is 10.2 Å². The van der Waals surface area contributed by atoms with E-state index >= 15 is 0 Å². The second-order valence-electron chi connectivity index (χ2n) is 7.38. The van der Waals surface area contributed by atoms with Gasteiger partial charge >= 0.3 is 6.03 Å². The Kier molecular flexibility index (Phi) is 5.34. The highest BCUT2D eigenvalue weighted by molar-refractivity contribution is 5.94. The summed E-state index contributed by atoms with van der Waals surface area (Å²) >= 11 is 0. The zero-order chi connectivity index (χ0) is 15.4. The van der Waals surface area contributed by atoms with E-state index in [1.165, 1.54) is 56.3 Å². The van der Waals surface area contributed by atoms with Crippen molar-refractivity contribution in [1.29, 1.82) is 0 Å². The van der Waals surface area contributed by atoms with Gasteiger partial charge in [-0.25, -0.2) is 4.79 Å². The smallest absolute Gasteiger partial charge is 0.321 e. The van der Waals surface area contributed by atoms with Crippen molar-refractivity contribution >= 4 is 11.9 Å². The lowest BCUT2D eigenvalue weighted by molar-refractivity contribution is -0.928. The maximum absolute atomic E-state index is 12.2. The number of hydrogen-bond acceptors (Lipinski definition) is 2. The summed E-state index contributed by atoms with van der Waals surface area (Å²) in [5.41, 5.74) is 0. The molecule has 2 aliphatic carbocycles. The molecule has 22 heavy (non-hydrogen) atoms. The molecular weight excluding hydrogens is 278 g/mol. The predicted octanol–water partition coefficient (Wildman–Crippen LogP) is 0.992. The quantitative estimate of drug-likeness (QED) is 0.728. The molecule has 0 aromatic carbocycles. The Labute approximate surface area is 133 Å². The number of amides is 3. The van der Waals surface area contributed by atoms with Crippen LogP contribution in [0.5, 0.6) is 0 Å². The van der Waals surface area contributed by atoms with Crippen LogP contribution < -0.4 is 15.5 Å². The van der Waals surface area contributed by atoms with Crippen LogP contribution >= 0.6 is 0 Å². The van der Waals surface area contributed by atoms with Crippen molar-refractivity contribution in [3.63, 3.8) is 0 Å². The van der Waals surface area contributed by atoms with Crippen LogP contribution in [0.25, 0.3) is 0 Å². The maximum Gasteiger partial charge on any atom is 0.321 e. The second-order valence-corrected chi connectivity index (χ2v) is 7.38. The lowest BCUT2D eigenvalue weighted by Crippen LogP contribution is -3.18. The Morgan fingerprint density at radius 3 is 2.41 bits per heavy atom. The van der Waals surface area contributed by atoms with Crippen molar-refractivity contribution in [3.05, 3.63) is 0 Å². The summed E-state index contributed by atoms with van der Waals surface area (Å²) in [5, 5.41) is 5.46. The van der Waals surface area contributed by atoms with Crippen molar-refractivity contribution < 1.29 is 14.5 Å². The van der Waals surface area contributed by atoms with Gasteiger partial charge in [-0.05, 0) is 44.9 Å². The average molecular weight is 308 g/mol. The van der Waals surface area contributed by atoms with E-state index in [1.807, 2.05) is 0 Å². The zero-order valence-electron chi connectivity index (χ0n) is 13.5. The number of carbonyl (C=O) groups excluding carboxylic acids is 2. The fraction of sp³-hybridized carbons (Fsp3) is 0.882. The minimum atomic E-state index is -0.298. The van der Waals surface area contributed by atoms with Crippen molar-refractivity contribution in [2.24, 2.45) is 5.92 Å². The molecule has 5 nitrogen and oxygen atoms in total. The van der Waals surface area contributed by atoms with Gasteiger partial charge in [0.1, 0.15) is 0 Å². The summed E-state index contributed by atoms with van der Waals surface area (Å²) < 4.78 is 0. The van der Waals surface area contributed by atoms with Gasteiger partial charge in [-0.3, -0.25) is 10.1 Å². The first-order chi connectivity index (χ1) is 10.7. The van der Waals surface area contributed by atoms with Gasteiger partial charge in [-0.1, -0.05) is 19.3 Å². The van der Waals surface area contributed by atoms with Gasteiger partial charge in [0.15, 0.2) is 6.54 Å². The van der Waals surface area contributed by atoms with E-state index in [0.29, 0.717) is 12.6 Å². The van der Waals surface area contributed by atoms with Crippen LogP contribution in [0, 0.1) is 5.92 Å². The summed E-state index contributed by atoms with van der Waals surface area (Å²) in [6, 6.07) is 0.609. The minimum absolute atomic E-state index is 0.114. The topological polar surface area (TPSA) is 62.6 Å². The summed E-state index contributed by atoms with van der Waals surface area (Å²) in [7, 11) is 0. The van der Waals surface area contributed by atoms with Gasteiger partial charge in [-0.15, -0.1) is 0 Å². The van der Waals surface area contributed by atoms with E-state index in [0.717, 1.165) is 25.3 Å². The molecule has 5 heteroatoms. The number of carbonyl (C=O) groups is 2. The Balaban J connectivity index is 1.45. The molecule has 3 N–H and O–H groups in total. The Bertz CT molecular complexity index is 405. The average Bonchev–Trinajstić information content (AvgIpc) is 3.00.